The smallest absolute Gasteiger partial charge is 0.357 e. The number of nitrogens with zero attached hydrogens (tertiary/aromatic N) is 1. The van der Waals surface area contributed by atoms with Gasteiger partial charge in [0.1, 0.15) is 4.90 Å². The van der Waals surface area contributed by atoms with E-state index in [0.717, 1.165) is 5.56 Å². The molecule has 0 amide bonds. The molecule has 0 saturated heterocycles. The SMILES string of the molecule is Cc1[nH]nc(C(=O)O)c1S(=O)(=O)NCCc1ccccc1. The fourth-order valence-electron chi connectivity index (χ4n) is 1.94. The summed E-state index contributed by atoms with van der Waals surface area (Å²) in [6, 6.07) is 9.39. The number of hydrogen-bond acceptors (Lipinski definition) is 4. The summed E-state index contributed by atoms with van der Waals surface area (Å²) in [5.74, 6) is -1.39. The Hall–Kier alpha value is -2.19. The molecule has 2 aromatic rings. The Balaban J connectivity index is 2.12. The van der Waals surface area contributed by atoms with Gasteiger partial charge in [0, 0.05) is 6.54 Å². The second-order valence-corrected chi connectivity index (χ2v) is 6.17. The number of nitrogens with one attached hydrogen (secondary N) is 2. The molecule has 3 N–H and O–H groups in total. The van der Waals surface area contributed by atoms with E-state index in [4.69, 9.17) is 5.11 Å². The van der Waals surface area contributed by atoms with E-state index in [1.807, 2.05) is 30.3 Å². The van der Waals surface area contributed by atoms with E-state index in [9.17, 15) is 13.2 Å². The molecule has 0 atom stereocenters. The summed E-state index contributed by atoms with van der Waals surface area (Å²) < 4.78 is 26.8. The second kappa shape index (κ2) is 6.06. The fraction of sp³-hybridized carbons (Fsp3) is 0.231. The van der Waals surface area contributed by atoms with Gasteiger partial charge in [-0.15, -0.1) is 0 Å². The topological polar surface area (TPSA) is 112 Å². The zero-order valence-electron chi connectivity index (χ0n) is 11.3. The molecule has 0 fully saturated rings. The first-order chi connectivity index (χ1) is 9.92. The van der Waals surface area contributed by atoms with E-state index >= 15 is 0 Å². The van der Waals surface area contributed by atoms with Gasteiger partial charge in [0.15, 0.2) is 5.69 Å². The zero-order valence-corrected chi connectivity index (χ0v) is 12.1. The van der Waals surface area contributed by atoms with Crippen LogP contribution in [0.3, 0.4) is 0 Å². The summed E-state index contributed by atoms with van der Waals surface area (Å²) in [6.45, 7) is 1.64. The Morgan fingerprint density at radius 1 is 1.33 bits per heavy atom. The van der Waals surface area contributed by atoms with E-state index in [2.05, 4.69) is 14.9 Å². The number of aromatic amines is 1. The van der Waals surface area contributed by atoms with Crippen LogP contribution in [0.15, 0.2) is 35.2 Å². The molecule has 1 aromatic heterocycles. The molecule has 0 spiro atoms. The number of carbonyl (C=O) groups is 1. The molecule has 0 aliphatic heterocycles. The first-order valence-corrected chi connectivity index (χ1v) is 7.72. The summed E-state index contributed by atoms with van der Waals surface area (Å²) in [7, 11) is -3.92. The van der Waals surface area contributed by atoms with Crippen molar-refractivity contribution in [1.82, 2.24) is 14.9 Å². The first kappa shape index (κ1) is 15.2. The van der Waals surface area contributed by atoms with E-state index < -0.39 is 21.7 Å². The van der Waals surface area contributed by atoms with Gasteiger partial charge < -0.3 is 5.11 Å². The zero-order chi connectivity index (χ0) is 15.5. The van der Waals surface area contributed by atoms with E-state index in [-0.39, 0.29) is 17.1 Å². The minimum Gasteiger partial charge on any atom is -0.476 e. The van der Waals surface area contributed by atoms with Gasteiger partial charge in [-0.1, -0.05) is 30.3 Å². The highest BCUT2D eigenvalue weighted by molar-refractivity contribution is 7.89. The Kier molecular flexibility index (Phi) is 4.39. The summed E-state index contributed by atoms with van der Waals surface area (Å²) in [5.41, 5.74) is 0.682. The van der Waals surface area contributed by atoms with Gasteiger partial charge in [-0.25, -0.2) is 17.9 Å². The molecule has 0 unspecified atom stereocenters. The average Bonchev–Trinajstić information content (AvgIpc) is 2.83. The maximum atomic E-state index is 12.2. The highest BCUT2D eigenvalue weighted by atomic mass is 32.2. The number of aromatic nitrogens is 2. The number of carboxylic acid groups (broad SMARTS) is 1. The Morgan fingerprint density at radius 2 is 2.00 bits per heavy atom. The van der Waals surface area contributed by atoms with Gasteiger partial charge in [-0.05, 0) is 18.9 Å². The molecule has 2 rings (SSSR count). The first-order valence-electron chi connectivity index (χ1n) is 6.23. The molecule has 1 heterocycles. The van der Waals surface area contributed by atoms with Crippen LogP contribution < -0.4 is 4.72 Å². The minimum absolute atomic E-state index is 0.177. The van der Waals surface area contributed by atoms with Gasteiger partial charge in [-0.2, -0.15) is 5.10 Å². The molecule has 0 aliphatic carbocycles. The quantitative estimate of drug-likeness (QED) is 0.735. The van der Waals surface area contributed by atoms with Crippen LogP contribution in [0, 0.1) is 6.92 Å². The lowest BCUT2D eigenvalue weighted by Gasteiger charge is -2.07. The van der Waals surface area contributed by atoms with Crippen LogP contribution >= 0.6 is 0 Å². The van der Waals surface area contributed by atoms with Crippen LogP contribution in [0.2, 0.25) is 0 Å². The van der Waals surface area contributed by atoms with Crippen LogP contribution in [-0.4, -0.2) is 36.2 Å². The number of aromatic carboxylic acids is 1. The third-order valence-electron chi connectivity index (χ3n) is 2.91. The molecule has 0 bridgehead atoms. The lowest BCUT2D eigenvalue weighted by atomic mass is 10.2. The second-order valence-electron chi connectivity index (χ2n) is 4.46. The number of sulfonamides is 1. The normalized spacial score (nSPS) is 11.5. The number of carboxylic acids is 1. The molecule has 1 aromatic carbocycles. The fourth-order valence-corrected chi connectivity index (χ4v) is 3.29. The number of benzene rings is 1. The van der Waals surface area contributed by atoms with Crippen LogP contribution in [0.1, 0.15) is 21.7 Å². The Bertz CT molecular complexity index is 738. The molecule has 7 nitrogen and oxygen atoms in total. The molecule has 21 heavy (non-hydrogen) atoms. The molecular formula is C13H15N3O4S. The van der Waals surface area contributed by atoms with Crippen molar-refractivity contribution in [2.75, 3.05) is 6.54 Å². The molecule has 112 valence electrons. The van der Waals surface area contributed by atoms with E-state index in [1.54, 1.807) is 0 Å². The molecule has 0 saturated carbocycles. The Labute approximate surface area is 122 Å². The van der Waals surface area contributed by atoms with Crippen molar-refractivity contribution in [2.45, 2.75) is 18.2 Å². The third-order valence-corrected chi connectivity index (χ3v) is 4.53. The number of H-pyrrole nitrogens is 1. The van der Waals surface area contributed by atoms with Crippen molar-refractivity contribution in [2.24, 2.45) is 0 Å². The monoisotopic (exact) mass is 309 g/mol. The Morgan fingerprint density at radius 3 is 2.62 bits per heavy atom. The van der Waals surface area contributed by atoms with Gasteiger partial charge in [0.25, 0.3) is 0 Å². The third kappa shape index (κ3) is 3.47. The molecular weight excluding hydrogens is 294 g/mol. The van der Waals surface area contributed by atoms with Gasteiger partial charge >= 0.3 is 5.97 Å². The maximum Gasteiger partial charge on any atom is 0.357 e. The van der Waals surface area contributed by atoms with Crippen molar-refractivity contribution in [3.63, 3.8) is 0 Å². The largest absolute Gasteiger partial charge is 0.476 e. The lowest BCUT2D eigenvalue weighted by Crippen LogP contribution is -2.27. The highest BCUT2D eigenvalue weighted by Crippen LogP contribution is 2.17. The number of aryl methyl sites for hydroxylation is 1. The van der Waals surface area contributed by atoms with Crippen LogP contribution in [0.4, 0.5) is 0 Å². The van der Waals surface area contributed by atoms with Crippen LogP contribution in [0.5, 0.6) is 0 Å². The molecule has 0 aliphatic rings. The predicted molar refractivity (Wildman–Crippen MR) is 75.6 cm³/mol. The van der Waals surface area contributed by atoms with Gasteiger partial charge in [-0.3, -0.25) is 5.10 Å². The minimum atomic E-state index is -3.92. The van der Waals surface area contributed by atoms with Crippen LogP contribution in [0.25, 0.3) is 0 Å². The standard InChI is InChI=1S/C13H15N3O4S/c1-9-12(11(13(17)18)16-15-9)21(19,20)14-8-7-10-5-3-2-4-6-10/h2-6,14H,7-8H2,1H3,(H,15,16)(H,17,18). The average molecular weight is 309 g/mol. The van der Waals surface area contributed by atoms with Gasteiger partial charge in [0.2, 0.25) is 10.0 Å². The summed E-state index contributed by atoms with van der Waals surface area (Å²) in [4.78, 5) is 10.7. The lowest BCUT2D eigenvalue weighted by molar-refractivity contribution is 0.0686. The molecule has 0 radical (unpaired) electrons. The van der Waals surface area contributed by atoms with Crippen LogP contribution in [-0.2, 0) is 16.4 Å². The molecule has 8 heteroatoms. The number of rotatable bonds is 6. The maximum absolute atomic E-state index is 12.2. The summed E-state index contributed by atoms with van der Waals surface area (Å²) in [5, 5.41) is 14.9. The number of hydrogen-bond donors (Lipinski definition) is 3. The van der Waals surface area contributed by atoms with Crippen molar-refractivity contribution in [3.8, 4) is 0 Å². The van der Waals surface area contributed by atoms with E-state index in [1.165, 1.54) is 6.92 Å². The summed E-state index contributed by atoms with van der Waals surface area (Å²) >= 11 is 0. The highest BCUT2D eigenvalue weighted by Gasteiger charge is 2.27. The van der Waals surface area contributed by atoms with E-state index in [0.29, 0.717) is 6.42 Å². The van der Waals surface area contributed by atoms with Crippen molar-refractivity contribution < 1.29 is 18.3 Å². The van der Waals surface area contributed by atoms with Gasteiger partial charge in [0.05, 0.1) is 5.69 Å². The van der Waals surface area contributed by atoms with Crippen molar-refractivity contribution >= 4 is 16.0 Å². The summed E-state index contributed by atoms with van der Waals surface area (Å²) in [6.07, 6.45) is 0.513. The van der Waals surface area contributed by atoms with Crippen molar-refractivity contribution in [3.05, 3.63) is 47.3 Å². The van der Waals surface area contributed by atoms with Crippen molar-refractivity contribution in [1.29, 1.82) is 0 Å². The predicted octanol–water partition coefficient (Wildman–Crippen LogP) is 0.937.